The number of amides is 1. The Morgan fingerprint density at radius 3 is 2.62 bits per heavy atom. The Bertz CT molecular complexity index is 482. The predicted molar refractivity (Wildman–Crippen MR) is 82.7 cm³/mol. The first-order valence-electron chi connectivity index (χ1n) is 6.79. The van der Waals surface area contributed by atoms with Crippen LogP contribution in [-0.4, -0.2) is 42.2 Å². The summed E-state index contributed by atoms with van der Waals surface area (Å²) in [5.41, 5.74) is 0.690. The van der Waals surface area contributed by atoms with Gasteiger partial charge in [-0.2, -0.15) is 0 Å². The maximum Gasteiger partial charge on any atom is 0.404 e. The highest BCUT2D eigenvalue weighted by atomic mass is 32.2. The Balaban J connectivity index is 3.06. The summed E-state index contributed by atoms with van der Waals surface area (Å²) in [5, 5.41) is 11.3. The molecule has 21 heavy (non-hydrogen) atoms. The number of thioether (sulfide) groups is 1. The summed E-state index contributed by atoms with van der Waals surface area (Å²) >= 11 is 1.62. The molecule has 2 N–H and O–H groups in total. The second kappa shape index (κ2) is 8.61. The molecule has 0 bridgehead atoms. The Hall–Kier alpha value is -1.63. The maximum absolute atomic E-state index is 10.8. The van der Waals surface area contributed by atoms with Crippen molar-refractivity contribution < 1.29 is 19.4 Å². The molecule has 0 aliphatic heterocycles. The van der Waals surface area contributed by atoms with E-state index < -0.39 is 6.09 Å². The molecule has 0 saturated heterocycles. The van der Waals surface area contributed by atoms with E-state index in [0.29, 0.717) is 30.2 Å². The minimum absolute atomic E-state index is 0.210. The van der Waals surface area contributed by atoms with Gasteiger partial charge in [-0.1, -0.05) is 13.8 Å². The number of nitrogens with one attached hydrogen (secondary N) is 1. The molecule has 1 aromatic rings. The van der Waals surface area contributed by atoms with E-state index in [1.165, 1.54) is 0 Å². The quantitative estimate of drug-likeness (QED) is 0.718. The van der Waals surface area contributed by atoms with Gasteiger partial charge in [0.15, 0.2) is 0 Å². The molecule has 0 radical (unpaired) electrons. The zero-order chi connectivity index (χ0) is 15.8. The highest BCUT2D eigenvalue weighted by molar-refractivity contribution is 7.99. The van der Waals surface area contributed by atoms with E-state index in [9.17, 15) is 4.79 Å². The number of aromatic nitrogens is 1. The molecule has 0 fully saturated rings. The summed E-state index contributed by atoms with van der Waals surface area (Å²) in [6.45, 7) is 3.97. The average molecular weight is 314 g/mol. The summed E-state index contributed by atoms with van der Waals surface area (Å²) in [5.74, 6) is 2.10. The molecule has 1 atom stereocenters. The van der Waals surface area contributed by atoms with Gasteiger partial charge in [0.05, 0.1) is 24.8 Å². The highest BCUT2D eigenvalue weighted by Crippen LogP contribution is 2.33. The third-order valence-corrected chi connectivity index (χ3v) is 3.86. The molecule has 7 heteroatoms. The molecule has 0 aliphatic rings. The number of hydrogen-bond acceptors (Lipinski definition) is 5. The van der Waals surface area contributed by atoms with E-state index in [2.05, 4.69) is 10.3 Å². The van der Waals surface area contributed by atoms with Crippen molar-refractivity contribution in [3.63, 3.8) is 0 Å². The fourth-order valence-electron chi connectivity index (χ4n) is 1.93. The molecule has 0 aliphatic carbocycles. The normalized spacial score (nSPS) is 11.8. The summed E-state index contributed by atoms with van der Waals surface area (Å²) in [7, 11) is 3.16. The lowest BCUT2D eigenvalue weighted by Gasteiger charge is -2.18. The molecule has 1 aromatic heterocycles. The number of pyridine rings is 1. The van der Waals surface area contributed by atoms with Gasteiger partial charge in [-0.05, 0) is 12.2 Å². The molecule has 6 nitrogen and oxygen atoms in total. The van der Waals surface area contributed by atoms with E-state index >= 15 is 0 Å². The van der Waals surface area contributed by atoms with Crippen molar-refractivity contribution >= 4 is 17.9 Å². The number of hydrogen-bond donors (Lipinski definition) is 2. The van der Waals surface area contributed by atoms with Crippen LogP contribution in [0.4, 0.5) is 4.79 Å². The lowest BCUT2D eigenvalue weighted by molar-refractivity contribution is 0.189. The number of carboxylic acid groups (broad SMARTS) is 1. The molecular weight excluding hydrogens is 292 g/mol. The van der Waals surface area contributed by atoms with Crippen LogP contribution < -0.4 is 14.8 Å². The first-order valence-corrected chi connectivity index (χ1v) is 7.78. The highest BCUT2D eigenvalue weighted by Gasteiger charge is 2.18. The first-order chi connectivity index (χ1) is 10.0. The van der Waals surface area contributed by atoms with Gasteiger partial charge in [0.2, 0.25) is 5.88 Å². The van der Waals surface area contributed by atoms with Crippen molar-refractivity contribution in [1.29, 1.82) is 0 Å². The maximum atomic E-state index is 10.8. The van der Waals surface area contributed by atoms with Crippen molar-refractivity contribution in [2.45, 2.75) is 37.6 Å². The molecular formula is C14H22N2O4S. The van der Waals surface area contributed by atoms with Gasteiger partial charge in [0.1, 0.15) is 5.75 Å². The second-order valence-electron chi connectivity index (χ2n) is 4.34. The van der Waals surface area contributed by atoms with Crippen molar-refractivity contribution in [3.05, 3.63) is 11.8 Å². The van der Waals surface area contributed by atoms with Crippen molar-refractivity contribution in [2.24, 2.45) is 0 Å². The molecule has 118 valence electrons. The number of nitrogens with zero attached hydrogens (tertiary/aromatic N) is 1. The molecule has 1 rings (SSSR count). The van der Waals surface area contributed by atoms with E-state index in [-0.39, 0.29) is 6.04 Å². The molecule has 0 spiro atoms. The van der Waals surface area contributed by atoms with Crippen molar-refractivity contribution in [2.75, 3.05) is 20.0 Å². The monoisotopic (exact) mass is 314 g/mol. The van der Waals surface area contributed by atoms with Crippen LogP contribution in [-0.2, 0) is 6.42 Å². The van der Waals surface area contributed by atoms with Crippen LogP contribution in [0.3, 0.4) is 0 Å². The van der Waals surface area contributed by atoms with Crippen LogP contribution >= 0.6 is 11.8 Å². The van der Waals surface area contributed by atoms with Gasteiger partial charge in [0, 0.05) is 18.5 Å². The lowest BCUT2D eigenvalue weighted by Crippen LogP contribution is -2.35. The second-order valence-corrected chi connectivity index (χ2v) is 5.64. The third-order valence-electron chi connectivity index (χ3n) is 2.97. The largest absolute Gasteiger partial charge is 0.495 e. The minimum atomic E-state index is -1.04. The molecule has 1 amide bonds. The van der Waals surface area contributed by atoms with Crippen molar-refractivity contribution in [3.8, 4) is 11.6 Å². The van der Waals surface area contributed by atoms with Gasteiger partial charge in [-0.25, -0.2) is 9.78 Å². The number of ether oxygens (including phenoxy) is 2. The summed E-state index contributed by atoms with van der Waals surface area (Å²) in [4.78, 5) is 16.2. The van der Waals surface area contributed by atoms with E-state index in [1.807, 2.05) is 19.9 Å². The predicted octanol–water partition coefficient (Wildman–Crippen LogP) is 2.80. The zero-order valence-electron chi connectivity index (χ0n) is 12.8. The topological polar surface area (TPSA) is 80.7 Å². The van der Waals surface area contributed by atoms with Gasteiger partial charge in [-0.15, -0.1) is 11.8 Å². The van der Waals surface area contributed by atoms with Gasteiger partial charge in [0.25, 0.3) is 0 Å². The number of carbonyl (C=O) groups is 1. The van der Waals surface area contributed by atoms with Gasteiger partial charge < -0.3 is 19.9 Å². The Kier molecular flexibility index (Phi) is 7.14. The SMILES string of the molecule is CCSc1cc(OC)c(CC(CC)NC(=O)O)nc1OC. The zero-order valence-corrected chi connectivity index (χ0v) is 13.6. The third kappa shape index (κ3) is 5.00. The minimum Gasteiger partial charge on any atom is -0.495 e. The first kappa shape index (κ1) is 17.4. The Labute approximate surface area is 129 Å². The van der Waals surface area contributed by atoms with Crippen LogP contribution in [0.25, 0.3) is 0 Å². The lowest BCUT2D eigenvalue weighted by atomic mass is 10.1. The van der Waals surface area contributed by atoms with Crippen molar-refractivity contribution in [1.82, 2.24) is 10.3 Å². The molecule has 1 unspecified atom stereocenters. The van der Waals surface area contributed by atoms with Crippen LogP contribution in [0.2, 0.25) is 0 Å². The summed E-state index contributed by atoms with van der Waals surface area (Å²) < 4.78 is 10.7. The smallest absolute Gasteiger partial charge is 0.404 e. The van der Waals surface area contributed by atoms with Gasteiger partial charge in [-0.3, -0.25) is 0 Å². The van der Waals surface area contributed by atoms with Crippen LogP contribution in [0.1, 0.15) is 26.0 Å². The van der Waals surface area contributed by atoms with Gasteiger partial charge >= 0.3 is 6.09 Å². The standard InChI is InChI=1S/C14H22N2O4S/c1-5-9(15-14(17)18)7-10-11(19-3)8-12(21-6-2)13(16-10)20-4/h8-9,15H,5-7H2,1-4H3,(H,17,18). The van der Waals surface area contributed by atoms with E-state index in [0.717, 1.165) is 10.6 Å². The average Bonchev–Trinajstić information content (AvgIpc) is 2.47. The number of methoxy groups -OCH3 is 2. The molecule has 0 aromatic carbocycles. The van der Waals surface area contributed by atoms with E-state index in [4.69, 9.17) is 14.6 Å². The fraction of sp³-hybridized carbons (Fsp3) is 0.571. The van der Waals surface area contributed by atoms with Crippen LogP contribution in [0.5, 0.6) is 11.6 Å². The fourth-order valence-corrected chi connectivity index (χ4v) is 2.68. The molecule has 0 saturated carbocycles. The van der Waals surface area contributed by atoms with Crippen LogP contribution in [0.15, 0.2) is 11.0 Å². The Morgan fingerprint density at radius 2 is 2.14 bits per heavy atom. The molecule has 1 heterocycles. The summed E-state index contributed by atoms with van der Waals surface area (Å²) in [6, 6.07) is 1.68. The van der Waals surface area contributed by atoms with Crippen LogP contribution in [0, 0.1) is 0 Å². The van der Waals surface area contributed by atoms with E-state index in [1.54, 1.807) is 26.0 Å². The number of rotatable bonds is 8. The summed E-state index contributed by atoms with van der Waals surface area (Å²) in [6.07, 6.45) is 0.0931. The Morgan fingerprint density at radius 1 is 1.43 bits per heavy atom.